The third-order valence-electron chi connectivity index (χ3n) is 1.44. The van der Waals surface area contributed by atoms with E-state index in [4.69, 9.17) is 4.42 Å². The van der Waals surface area contributed by atoms with E-state index in [1.807, 2.05) is 6.08 Å². The van der Waals surface area contributed by atoms with Gasteiger partial charge in [0.2, 0.25) is 5.89 Å². The van der Waals surface area contributed by atoms with E-state index >= 15 is 0 Å². The van der Waals surface area contributed by atoms with Crippen LogP contribution in [0.1, 0.15) is 32.1 Å². The van der Waals surface area contributed by atoms with Crippen molar-refractivity contribution in [2.75, 3.05) is 0 Å². The standard InChI is InChI=1S/C9H13NO/c1-2-3-4-5-6-9-10-7-8-11-9/h5-8H,2-4H2,1H3. The molecule has 0 unspecified atom stereocenters. The van der Waals surface area contributed by atoms with Gasteiger partial charge < -0.3 is 4.42 Å². The molecule has 0 spiro atoms. The first-order valence-corrected chi connectivity index (χ1v) is 3.99. The van der Waals surface area contributed by atoms with E-state index in [0.29, 0.717) is 5.89 Å². The fourth-order valence-electron chi connectivity index (χ4n) is 0.823. The minimum absolute atomic E-state index is 0.695. The Balaban J connectivity index is 2.25. The third kappa shape index (κ3) is 3.03. The smallest absolute Gasteiger partial charge is 0.218 e. The maximum absolute atomic E-state index is 5.02. The van der Waals surface area contributed by atoms with Crippen molar-refractivity contribution in [3.63, 3.8) is 0 Å². The number of unbranched alkanes of at least 4 members (excludes halogenated alkanes) is 2. The van der Waals surface area contributed by atoms with Gasteiger partial charge in [-0.2, -0.15) is 0 Å². The van der Waals surface area contributed by atoms with Crippen LogP contribution in [0.4, 0.5) is 0 Å². The van der Waals surface area contributed by atoms with Crippen LogP contribution in [0.5, 0.6) is 0 Å². The summed E-state index contributed by atoms with van der Waals surface area (Å²) in [7, 11) is 0. The Morgan fingerprint density at radius 3 is 3.18 bits per heavy atom. The van der Waals surface area contributed by atoms with Gasteiger partial charge in [0.05, 0.1) is 6.20 Å². The van der Waals surface area contributed by atoms with Crippen molar-refractivity contribution in [2.24, 2.45) is 0 Å². The highest BCUT2D eigenvalue weighted by molar-refractivity contribution is 5.36. The summed E-state index contributed by atoms with van der Waals surface area (Å²) < 4.78 is 5.02. The summed E-state index contributed by atoms with van der Waals surface area (Å²) in [5.74, 6) is 0.695. The van der Waals surface area contributed by atoms with Gasteiger partial charge in [-0.1, -0.05) is 25.8 Å². The number of rotatable bonds is 4. The Labute approximate surface area is 66.9 Å². The summed E-state index contributed by atoms with van der Waals surface area (Å²) in [6.07, 6.45) is 10.8. The van der Waals surface area contributed by atoms with E-state index < -0.39 is 0 Å². The van der Waals surface area contributed by atoms with Gasteiger partial charge in [0, 0.05) is 0 Å². The molecule has 0 radical (unpaired) electrons. The van der Waals surface area contributed by atoms with Crippen molar-refractivity contribution < 1.29 is 4.42 Å². The van der Waals surface area contributed by atoms with E-state index in [1.165, 1.54) is 12.8 Å². The zero-order valence-electron chi connectivity index (χ0n) is 6.79. The molecule has 0 aliphatic carbocycles. The topological polar surface area (TPSA) is 26.0 Å². The van der Waals surface area contributed by atoms with Crippen LogP contribution in [0, 0.1) is 0 Å². The van der Waals surface area contributed by atoms with Gasteiger partial charge in [0.15, 0.2) is 0 Å². The Morgan fingerprint density at radius 2 is 2.55 bits per heavy atom. The van der Waals surface area contributed by atoms with Gasteiger partial charge in [-0.15, -0.1) is 0 Å². The van der Waals surface area contributed by atoms with Crippen LogP contribution < -0.4 is 0 Å². The molecule has 0 fully saturated rings. The predicted octanol–water partition coefficient (Wildman–Crippen LogP) is 2.88. The molecule has 0 saturated carbocycles. The van der Waals surface area contributed by atoms with Gasteiger partial charge in [0.1, 0.15) is 6.26 Å². The molecule has 11 heavy (non-hydrogen) atoms. The van der Waals surface area contributed by atoms with Crippen molar-refractivity contribution >= 4 is 6.08 Å². The van der Waals surface area contributed by atoms with Crippen molar-refractivity contribution in [1.29, 1.82) is 0 Å². The minimum atomic E-state index is 0.695. The summed E-state index contributed by atoms with van der Waals surface area (Å²) >= 11 is 0. The molecular weight excluding hydrogens is 138 g/mol. The highest BCUT2D eigenvalue weighted by Gasteiger charge is 1.86. The fraction of sp³-hybridized carbons (Fsp3) is 0.444. The van der Waals surface area contributed by atoms with Crippen molar-refractivity contribution in [2.45, 2.75) is 26.2 Å². The molecule has 1 aromatic heterocycles. The molecular formula is C9H13NO. The lowest BCUT2D eigenvalue weighted by Crippen LogP contribution is -1.69. The SMILES string of the molecule is CCCCC=Cc1ncco1. The molecule has 2 nitrogen and oxygen atoms in total. The molecule has 0 atom stereocenters. The molecule has 1 heterocycles. The van der Waals surface area contributed by atoms with Gasteiger partial charge in [0.25, 0.3) is 0 Å². The number of aromatic nitrogens is 1. The number of allylic oxidation sites excluding steroid dienone is 1. The quantitative estimate of drug-likeness (QED) is 0.618. The molecule has 1 rings (SSSR count). The second-order valence-corrected chi connectivity index (χ2v) is 2.41. The van der Waals surface area contributed by atoms with E-state index in [1.54, 1.807) is 12.5 Å². The van der Waals surface area contributed by atoms with E-state index in [2.05, 4.69) is 18.0 Å². The van der Waals surface area contributed by atoms with Crippen LogP contribution in [0.2, 0.25) is 0 Å². The number of nitrogens with zero attached hydrogens (tertiary/aromatic N) is 1. The third-order valence-corrected chi connectivity index (χ3v) is 1.44. The molecule has 0 aromatic carbocycles. The van der Waals surface area contributed by atoms with Crippen molar-refractivity contribution in [1.82, 2.24) is 4.98 Å². The Bertz CT molecular complexity index is 201. The lowest BCUT2D eigenvalue weighted by Gasteiger charge is -1.86. The highest BCUT2D eigenvalue weighted by Crippen LogP contribution is 2.01. The lowest BCUT2D eigenvalue weighted by atomic mass is 10.2. The number of oxazole rings is 1. The highest BCUT2D eigenvalue weighted by atomic mass is 16.3. The van der Waals surface area contributed by atoms with Crippen LogP contribution in [0.3, 0.4) is 0 Å². The van der Waals surface area contributed by atoms with Crippen LogP contribution in [0.25, 0.3) is 6.08 Å². The Morgan fingerprint density at radius 1 is 1.64 bits per heavy atom. The largest absolute Gasteiger partial charge is 0.445 e. The molecule has 0 bridgehead atoms. The van der Waals surface area contributed by atoms with Crippen LogP contribution >= 0.6 is 0 Å². The molecule has 0 aliphatic rings. The normalized spacial score (nSPS) is 11.0. The van der Waals surface area contributed by atoms with Gasteiger partial charge in [-0.05, 0) is 12.5 Å². The Hall–Kier alpha value is -1.05. The summed E-state index contributed by atoms with van der Waals surface area (Å²) in [4.78, 5) is 3.96. The first kappa shape index (κ1) is 8.05. The second-order valence-electron chi connectivity index (χ2n) is 2.41. The molecule has 0 N–H and O–H groups in total. The van der Waals surface area contributed by atoms with Crippen LogP contribution in [-0.2, 0) is 0 Å². The molecule has 2 heteroatoms. The van der Waals surface area contributed by atoms with E-state index in [0.717, 1.165) is 6.42 Å². The summed E-state index contributed by atoms with van der Waals surface area (Å²) in [6.45, 7) is 2.18. The average Bonchev–Trinajstić information content (AvgIpc) is 2.50. The van der Waals surface area contributed by atoms with Crippen LogP contribution in [0.15, 0.2) is 23.0 Å². The predicted molar refractivity (Wildman–Crippen MR) is 45.1 cm³/mol. The lowest BCUT2D eigenvalue weighted by molar-refractivity contribution is 0.546. The van der Waals surface area contributed by atoms with E-state index in [9.17, 15) is 0 Å². The summed E-state index contributed by atoms with van der Waals surface area (Å²) in [5.41, 5.74) is 0. The maximum Gasteiger partial charge on any atom is 0.218 e. The van der Waals surface area contributed by atoms with Gasteiger partial charge in [-0.3, -0.25) is 0 Å². The molecule has 60 valence electrons. The van der Waals surface area contributed by atoms with E-state index in [-0.39, 0.29) is 0 Å². The zero-order valence-corrected chi connectivity index (χ0v) is 6.79. The molecule has 0 aliphatic heterocycles. The molecule has 0 saturated heterocycles. The van der Waals surface area contributed by atoms with Crippen molar-refractivity contribution in [3.05, 3.63) is 24.4 Å². The summed E-state index contributed by atoms with van der Waals surface area (Å²) in [6, 6.07) is 0. The van der Waals surface area contributed by atoms with Gasteiger partial charge in [-0.25, -0.2) is 4.98 Å². The number of hydrogen-bond donors (Lipinski definition) is 0. The van der Waals surface area contributed by atoms with Gasteiger partial charge >= 0.3 is 0 Å². The summed E-state index contributed by atoms with van der Waals surface area (Å²) in [5, 5.41) is 0. The first-order valence-electron chi connectivity index (χ1n) is 3.99. The fourth-order valence-corrected chi connectivity index (χ4v) is 0.823. The van der Waals surface area contributed by atoms with Crippen molar-refractivity contribution in [3.8, 4) is 0 Å². The zero-order chi connectivity index (χ0) is 7.94. The first-order chi connectivity index (χ1) is 5.43. The minimum Gasteiger partial charge on any atom is -0.445 e. The average molecular weight is 151 g/mol. The monoisotopic (exact) mass is 151 g/mol. The molecule has 0 amide bonds. The number of hydrogen-bond acceptors (Lipinski definition) is 2. The van der Waals surface area contributed by atoms with Crippen LogP contribution in [-0.4, -0.2) is 4.98 Å². The second kappa shape index (κ2) is 4.72. The maximum atomic E-state index is 5.02. The Kier molecular flexibility index (Phi) is 3.45. The molecule has 1 aromatic rings.